The molecule has 10 heteroatoms. The molecule has 0 N–H and O–H groups in total. The Balaban J connectivity index is 0.000000171. The van der Waals surface area contributed by atoms with Crippen LogP contribution in [0, 0.1) is 0 Å². The average Bonchev–Trinajstić information content (AvgIpc) is 2.74. The van der Waals surface area contributed by atoms with Crippen LogP contribution in [0.1, 0.15) is 10.4 Å². The first kappa shape index (κ1) is 22.5. The maximum absolute atomic E-state index is 11.0. The summed E-state index contributed by atoms with van der Waals surface area (Å²) in [5.41, 5.74) is 0.370. The Bertz CT molecular complexity index is 1280. The Morgan fingerprint density at radius 2 is 1.33 bits per heavy atom. The number of hydrogen-bond donors (Lipinski definition) is 0. The summed E-state index contributed by atoms with van der Waals surface area (Å²) in [7, 11) is 0. The van der Waals surface area contributed by atoms with Gasteiger partial charge in [0.2, 0.25) is 0 Å². The zero-order valence-corrected chi connectivity index (χ0v) is 18.5. The van der Waals surface area contributed by atoms with Gasteiger partial charge in [-0.05, 0) is 41.9 Å². The maximum atomic E-state index is 11.0. The molecule has 0 aliphatic rings. The molecule has 4 aromatic rings. The zero-order valence-electron chi connectivity index (χ0n) is 14.7. The van der Waals surface area contributed by atoms with Gasteiger partial charge in [0.25, 0.3) is 11.7 Å². The molecular formula is C20H9Cl5N2O3. The summed E-state index contributed by atoms with van der Waals surface area (Å²) in [6.45, 7) is 0.354. The molecule has 0 saturated carbocycles. The summed E-state index contributed by atoms with van der Waals surface area (Å²) in [6, 6.07) is 9.85. The Labute approximate surface area is 195 Å². The Morgan fingerprint density at radius 3 is 1.87 bits per heavy atom. The van der Waals surface area contributed by atoms with Crippen LogP contribution in [0.2, 0.25) is 20.4 Å². The van der Waals surface area contributed by atoms with Crippen molar-refractivity contribution < 1.29 is 14.3 Å². The van der Waals surface area contributed by atoms with Crippen LogP contribution in [0.5, 0.6) is 5.75 Å². The number of benzene rings is 2. The Kier molecular flexibility index (Phi) is 7.34. The van der Waals surface area contributed by atoms with E-state index in [1.54, 1.807) is 36.4 Å². The minimum absolute atomic E-state index is 0.300. The molecule has 2 aromatic heterocycles. The first-order chi connectivity index (χ1) is 14.3. The zero-order chi connectivity index (χ0) is 21.8. The van der Waals surface area contributed by atoms with Gasteiger partial charge in [-0.3, -0.25) is 9.59 Å². The number of hydrogen-bond acceptors (Lipinski definition) is 5. The average molecular weight is 503 g/mol. The summed E-state index contributed by atoms with van der Waals surface area (Å²) in [4.78, 5) is 28.9. The molecule has 0 radical (unpaired) electrons. The quantitative estimate of drug-likeness (QED) is 0.171. The molecule has 5 nitrogen and oxygen atoms in total. The monoisotopic (exact) mass is 500 g/mol. The van der Waals surface area contributed by atoms with Crippen molar-refractivity contribution in [2.45, 2.75) is 0 Å². The van der Waals surface area contributed by atoms with E-state index in [4.69, 9.17) is 62.7 Å². The fourth-order valence-corrected chi connectivity index (χ4v) is 3.54. The number of aromatic nitrogens is 2. The van der Waals surface area contributed by atoms with Gasteiger partial charge in [-0.2, -0.15) is 0 Å². The van der Waals surface area contributed by atoms with Crippen LogP contribution in [-0.4, -0.2) is 21.7 Å². The standard InChI is InChI=1S/C10H4Cl3NO.C10H5Cl2NO2/c11-8-4-14-9(12)7-3-5(10(13)15)1-2-6(7)8;11-9-4-13-10(12)8-3-6(15-5-14)1-2-7(8)9/h1-4H;1-5H. The molecule has 0 bridgehead atoms. The topological polar surface area (TPSA) is 69.2 Å². The SMILES string of the molecule is O=C(Cl)c1ccc2c(Cl)cnc(Cl)c2c1.O=COc1ccc2c(Cl)cnc(Cl)c2c1. The lowest BCUT2D eigenvalue weighted by Crippen LogP contribution is -1.89. The van der Waals surface area contributed by atoms with E-state index in [-0.39, 0.29) is 0 Å². The van der Waals surface area contributed by atoms with Crippen LogP contribution >= 0.6 is 58.0 Å². The lowest BCUT2D eigenvalue weighted by Gasteiger charge is -2.03. The lowest BCUT2D eigenvalue weighted by atomic mass is 10.1. The number of carbonyl (C=O) groups excluding carboxylic acids is 2. The molecule has 152 valence electrons. The second-order valence-corrected chi connectivity index (χ2v) is 7.62. The van der Waals surface area contributed by atoms with Crippen LogP contribution in [0.15, 0.2) is 48.8 Å². The lowest BCUT2D eigenvalue weighted by molar-refractivity contribution is -0.120. The highest BCUT2D eigenvalue weighted by molar-refractivity contribution is 6.67. The van der Waals surface area contributed by atoms with Crippen molar-refractivity contribution in [1.29, 1.82) is 0 Å². The first-order valence-corrected chi connectivity index (χ1v) is 9.98. The highest BCUT2D eigenvalue weighted by atomic mass is 35.5. The summed E-state index contributed by atoms with van der Waals surface area (Å²) in [5, 5.41) is 3.88. The molecule has 0 amide bonds. The number of carbonyl (C=O) groups is 2. The van der Waals surface area contributed by atoms with E-state index in [0.29, 0.717) is 48.9 Å². The third-order valence-corrected chi connectivity index (χ3v) is 5.39. The van der Waals surface area contributed by atoms with Gasteiger partial charge in [0.05, 0.1) is 10.0 Å². The minimum atomic E-state index is -0.534. The number of fused-ring (bicyclic) bond motifs is 2. The van der Waals surface area contributed by atoms with E-state index in [1.807, 2.05) is 0 Å². The van der Waals surface area contributed by atoms with Crippen LogP contribution in [-0.2, 0) is 4.79 Å². The van der Waals surface area contributed by atoms with Gasteiger partial charge in [0.1, 0.15) is 16.1 Å². The second kappa shape index (κ2) is 9.77. The Hall–Kier alpha value is -2.15. The molecule has 0 saturated heterocycles. The molecule has 0 unspecified atom stereocenters. The molecule has 0 fully saturated rings. The van der Waals surface area contributed by atoms with Gasteiger partial charge in [-0.1, -0.05) is 52.5 Å². The summed E-state index contributed by atoms with van der Waals surface area (Å²) >= 11 is 29.0. The molecular weight excluding hydrogens is 493 g/mol. The van der Waals surface area contributed by atoms with Crippen LogP contribution in [0.4, 0.5) is 0 Å². The van der Waals surface area contributed by atoms with Gasteiger partial charge in [0, 0.05) is 39.5 Å². The van der Waals surface area contributed by atoms with Gasteiger partial charge in [-0.15, -0.1) is 0 Å². The number of pyridine rings is 2. The molecule has 0 aliphatic heterocycles. The highest BCUT2D eigenvalue weighted by Gasteiger charge is 2.08. The summed E-state index contributed by atoms with van der Waals surface area (Å²) in [6.07, 6.45) is 2.95. The summed E-state index contributed by atoms with van der Waals surface area (Å²) in [5.74, 6) is 0.406. The minimum Gasteiger partial charge on any atom is -0.429 e. The highest BCUT2D eigenvalue weighted by Crippen LogP contribution is 2.31. The third-order valence-electron chi connectivity index (χ3n) is 3.96. The van der Waals surface area contributed by atoms with Crippen molar-refractivity contribution in [2.75, 3.05) is 0 Å². The van der Waals surface area contributed by atoms with Gasteiger partial charge in [-0.25, -0.2) is 9.97 Å². The number of nitrogens with zero attached hydrogens (tertiary/aromatic N) is 2. The van der Waals surface area contributed by atoms with E-state index >= 15 is 0 Å². The van der Waals surface area contributed by atoms with E-state index in [2.05, 4.69) is 9.97 Å². The molecule has 2 aromatic carbocycles. The van der Waals surface area contributed by atoms with Crippen molar-refractivity contribution in [2.24, 2.45) is 0 Å². The molecule has 30 heavy (non-hydrogen) atoms. The number of ether oxygens (including phenoxy) is 1. The van der Waals surface area contributed by atoms with Crippen molar-refractivity contribution in [3.8, 4) is 5.75 Å². The van der Waals surface area contributed by atoms with Crippen LogP contribution in [0.25, 0.3) is 21.5 Å². The maximum Gasteiger partial charge on any atom is 0.298 e. The van der Waals surface area contributed by atoms with Crippen molar-refractivity contribution in [1.82, 2.24) is 9.97 Å². The van der Waals surface area contributed by atoms with E-state index in [1.165, 1.54) is 12.4 Å². The van der Waals surface area contributed by atoms with Gasteiger partial charge >= 0.3 is 0 Å². The molecule has 0 atom stereocenters. The van der Waals surface area contributed by atoms with E-state index in [9.17, 15) is 9.59 Å². The largest absolute Gasteiger partial charge is 0.429 e. The Morgan fingerprint density at radius 1 is 0.800 bits per heavy atom. The molecule has 0 spiro atoms. The second-order valence-electron chi connectivity index (χ2n) is 5.75. The molecule has 4 rings (SSSR count). The summed E-state index contributed by atoms with van der Waals surface area (Å²) < 4.78 is 4.70. The van der Waals surface area contributed by atoms with Crippen LogP contribution in [0.3, 0.4) is 0 Å². The predicted octanol–water partition coefficient (Wildman–Crippen LogP) is 7.00. The fourth-order valence-electron chi connectivity index (χ4n) is 2.58. The third kappa shape index (κ3) is 4.94. The van der Waals surface area contributed by atoms with E-state index < -0.39 is 5.24 Å². The van der Waals surface area contributed by atoms with Crippen LogP contribution < -0.4 is 4.74 Å². The predicted molar refractivity (Wildman–Crippen MR) is 120 cm³/mol. The first-order valence-electron chi connectivity index (χ1n) is 8.09. The van der Waals surface area contributed by atoms with Gasteiger partial charge < -0.3 is 4.74 Å². The van der Waals surface area contributed by atoms with Crippen molar-refractivity contribution >= 4 is 91.3 Å². The molecule has 2 heterocycles. The normalized spacial score (nSPS) is 10.4. The van der Waals surface area contributed by atoms with Crippen molar-refractivity contribution in [3.63, 3.8) is 0 Å². The molecule has 0 aliphatic carbocycles. The van der Waals surface area contributed by atoms with Gasteiger partial charge in [0.15, 0.2) is 0 Å². The fraction of sp³-hybridized carbons (Fsp3) is 0. The number of rotatable bonds is 3. The van der Waals surface area contributed by atoms with Crippen molar-refractivity contribution in [3.05, 3.63) is 74.7 Å². The smallest absolute Gasteiger partial charge is 0.298 e. The van der Waals surface area contributed by atoms with E-state index in [0.717, 1.165) is 10.8 Å². The number of halogens is 5.